The molecule has 1 N–H and O–H groups in total. The van der Waals surface area contributed by atoms with Gasteiger partial charge in [-0.1, -0.05) is 43.0 Å². The van der Waals surface area contributed by atoms with Crippen molar-refractivity contribution in [2.45, 2.75) is 25.3 Å². The number of rotatable bonds is 8. The average molecular weight is 435 g/mol. The van der Waals surface area contributed by atoms with Crippen molar-refractivity contribution in [3.8, 4) is 28.0 Å². The molecule has 3 aromatic rings. The standard InChI is InChI=1S/C26H26O4S/c1-17(2)26(28)30-16-21-15-23(31)9-11-25(21)20-6-4-19(5-7-20)24-10-8-22(14-18(24)3)29-13-12-27/h4-11,14-15,27,31H,1,12-13,16H2,2-3H3. The molecule has 0 bridgehead atoms. The predicted octanol–water partition coefficient (Wildman–Crippen LogP) is 5.61. The van der Waals surface area contributed by atoms with Crippen LogP contribution >= 0.6 is 12.6 Å². The molecule has 0 fully saturated rings. The van der Waals surface area contributed by atoms with E-state index < -0.39 is 5.97 Å². The monoisotopic (exact) mass is 434 g/mol. The van der Waals surface area contributed by atoms with Crippen LogP contribution in [0.5, 0.6) is 5.75 Å². The number of carbonyl (C=O) groups excluding carboxylic acids is 1. The van der Waals surface area contributed by atoms with Crippen LogP contribution in [0.1, 0.15) is 18.1 Å². The third kappa shape index (κ3) is 5.78. The summed E-state index contributed by atoms with van der Waals surface area (Å²) in [4.78, 5) is 12.6. The molecular formula is C26H26O4S. The third-order valence-corrected chi connectivity index (χ3v) is 5.14. The number of aliphatic hydroxyl groups excluding tert-OH is 1. The fourth-order valence-corrected chi connectivity index (χ4v) is 3.52. The molecule has 0 aliphatic heterocycles. The first-order chi connectivity index (χ1) is 14.9. The van der Waals surface area contributed by atoms with Crippen molar-refractivity contribution in [2.24, 2.45) is 0 Å². The minimum absolute atomic E-state index is 0.00908. The summed E-state index contributed by atoms with van der Waals surface area (Å²) in [5.74, 6) is 0.334. The van der Waals surface area contributed by atoms with Gasteiger partial charge in [-0.25, -0.2) is 4.79 Å². The highest BCUT2D eigenvalue weighted by Gasteiger charge is 2.11. The molecular weight excluding hydrogens is 408 g/mol. The van der Waals surface area contributed by atoms with Crippen LogP contribution in [0.4, 0.5) is 0 Å². The molecule has 0 saturated carbocycles. The molecule has 0 heterocycles. The summed E-state index contributed by atoms with van der Waals surface area (Å²) in [5, 5.41) is 8.91. The Balaban J connectivity index is 1.85. The van der Waals surface area contributed by atoms with Crippen LogP contribution in [0, 0.1) is 6.92 Å². The van der Waals surface area contributed by atoms with Gasteiger partial charge in [-0.3, -0.25) is 0 Å². The zero-order valence-corrected chi connectivity index (χ0v) is 18.6. The Bertz CT molecular complexity index is 1090. The van der Waals surface area contributed by atoms with E-state index in [2.05, 4.69) is 43.5 Å². The summed E-state index contributed by atoms with van der Waals surface area (Å²) in [6.07, 6.45) is 0. The van der Waals surface area contributed by atoms with Crippen molar-refractivity contribution in [2.75, 3.05) is 13.2 Å². The Kier molecular flexibility index (Phi) is 7.55. The van der Waals surface area contributed by atoms with Gasteiger partial charge in [0.25, 0.3) is 0 Å². The molecule has 4 nitrogen and oxygen atoms in total. The fourth-order valence-electron chi connectivity index (χ4n) is 3.29. The minimum Gasteiger partial charge on any atom is -0.491 e. The van der Waals surface area contributed by atoms with Gasteiger partial charge in [0.1, 0.15) is 19.0 Å². The lowest BCUT2D eigenvalue weighted by molar-refractivity contribution is -0.140. The summed E-state index contributed by atoms with van der Waals surface area (Å²) >= 11 is 4.42. The Morgan fingerprint density at radius 2 is 1.65 bits per heavy atom. The molecule has 3 aromatic carbocycles. The van der Waals surface area contributed by atoms with Crippen molar-refractivity contribution in [1.29, 1.82) is 0 Å². The summed E-state index contributed by atoms with van der Waals surface area (Å²) in [5.41, 5.74) is 6.57. The minimum atomic E-state index is -0.409. The van der Waals surface area contributed by atoms with Crippen molar-refractivity contribution < 1.29 is 19.4 Å². The molecule has 31 heavy (non-hydrogen) atoms. The Labute approximate surface area is 188 Å². The highest BCUT2D eigenvalue weighted by molar-refractivity contribution is 7.80. The summed E-state index contributed by atoms with van der Waals surface area (Å²) < 4.78 is 10.8. The lowest BCUT2D eigenvalue weighted by atomic mass is 9.95. The molecule has 3 rings (SSSR count). The predicted molar refractivity (Wildman–Crippen MR) is 126 cm³/mol. The number of esters is 1. The average Bonchev–Trinajstić information content (AvgIpc) is 2.76. The molecule has 0 aromatic heterocycles. The molecule has 5 heteroatoms. The zero-order valence-electron chi connectivity index (χ0n) is 17.7. The van der Waals surface area contributed by atoms with Crippen LogP contribution in [0.25, 0.3) is 22.3 Å². The van der Waals surface area contributed by atoms with E-state index in [-0.39, 0.29) is 19.8 Å². The van der Waals surface area contributed by atoms with E-state index in [0.717, 1.165) is 44.0 Å². The lowest BCUT2D eigenvalue weighted by Gasteiger charge is -2.13. The van der Waals surface area contributed by atoms with Crippen molar-refractivity contribution >= 4 is 18.6 Å². The van der Waals surface area contributed by atoms with Crippen LogP contribution < -0.4 is 4.74 Å². The molecule has 0 saturated heterocycles. The second-order valence-corrected chi connectivity index (χ2v) is 7.84. The molecule has 0 aliphatic rings. The third-order valence-electron chi connectivity index (χ3n) is 4.86. The molecule has 0 amide bonds. The molecule has 0 unspecified atom stereocenters. The number of benzene rings is 3. The largest absolute Gasteiger partial charge is 0.491 e. The Hall–Kier alpha value is -3.02. The van der Waals surface area contributed by atoms with Gasteiger partial charge in [0.05, 0.1) is 6.61 Å². The molecule has 0 atom stereocenters. The number of carbonyl (C=O) groups is 1. The van der Waals surface area contributed by atoms with E-state index in [4.69, 9.17) is 14.6 Å². The van der Waals surface area contributed by atoms with Crippen LogP contribution in [0.15, 0.2) is 77.7 Å². The number of thiol groups is 1. The van der Waals surface area contributed by atoms with Gasteiger partial charge in [0.15, 0.2) is 0 Å². The van der Waals surface area contributed by atoms with Crippen LogP contribution in [-0.2, 0) is 16.1 Å². The highest BCUT2D eigenvalue weighted by atomic mass is 32.1. The molecule has 0 radical (unpaired) electrons. The normalized spacial score (nSPS) is 10.6. The van der Waals surface area contributed by atoms with Gasteiger partial charge >= 0.3 is 5.97 Å². The van der Waals surface area contributed by atoms with Gasteiger partial charge in [0, 0.05) is 10.5 Å². The van der Waals surface area contributed by atoms with Gasteiger partial charge in [0.2, 0.25) is 0 Å². The maximum atomic E-state index is 11.8. The zero-order chi connectivity index (χ0) is 22.4. The quantitative estimate of drug-likeness (QED) is 0.275. The molecule has 0 aliphatic carbocycles. The van der Waals surface area contributed by atoms with Crippen LogP contribution in [0.3, 0.4) is 0 Å². The number of hydrogen-bond acceptors (Lipinski definition) is 5. The van der Waals surface area contributed by atoms with E-state index >= 15 is 0 Å². The molecule has 160 valence electrons. The van der Waals surface area contributed by atoms with E-state index in [1.54, 1.807) is 6.92 Å². The van der Waals surface area contributed by atoms with E-state index in [9.17, 15) is 4.79 Å². The smallest absolute Gasteiger partial charge is 0.333 e. The first kappa shape index (κ1) is 22.7. The summed E-state index contributed by atoms with van der Waals surface area (Å²) in [7, 11) is 0. The first-order valence-corrected chi connectivity index (χ1v) is 10.4. The molecule has 0 spiro atoms. The number of aliphatic hydroxyl groups is 1. The number of aryl methyl sites for hydroxylation is 1. The summed E-state index contributed by atoms with van der Waals surface area (Å²) in [6, 6.07) is 20.0. The van der Waals surface area contributed by atoms with Gasteiger partial charge in [-0.15, -0.1) is 12.6 Å². The first-order valence-electron chi connectivity index (χ1n) is 9.98. The van der Waals surface area contributed by atoms with Crippen LogP contribution in [0.2, 0.25) is 0 Å². The second kappa shape index (κ2) is 10.3. The summed E-state index contributed by atoms with van der Waals surface area (Å²) in [6.45, 7) is 7.72. The Morgan fingerprint density at radius 1 is 1.00 bits per heavy atom. The van der Waals surface area contributed by atoms with Gasteiger partial charge in [-0.2, -0.15) is 0 Å². The topological polar surface area (TPSA) is 55.8 Å². The van der Waals surface area contributed by atoms with Crippen molar-refractivity contribution in [1.82, 2.24) is 0 Å². The maximum absolute atomic E-state index is 11.8. The Morgan fingerprint density at radius 3 is 2.26 bits per heavy atom. The van der Waals surface area contributed by atoms with Crippen LogP contribution in [-0.4, -0.2) is 24.3 Å². The van der Waals surface area contributed by atoms with Crippen molar-refractivity contribution in [3.05, 3.63) is 83.9 Å². The SMILES string of the molecule is C=C(C)C(=O)OCc1cc(S)ccc1-c1ccc(-c2ccc(OCCO)cc2C)cc1. The van der Waals surface area contributed by atoms with Gasteiger partial charge < -0.3 is 14.6 Å². The highest BCUT2D eigenvalue weighted by Crippen LogP contribution is 2.31. The van der Waals surface area contributed by atoms with E-state index in [1.165, 1.54) is 0 Å². The van der Waals surface area contributed by atoms with E-state index in [0.29, 0.717) is 5.57 Å². The fraction of sp³-hybridized carbons (Fsp3) is 0.192. The van der Waals surface area contributed by atoms with Crippen molar-refractivity contribution in [3.63, 3.8) is 0 Å². The second-order valence-electron chi connectivity index (χ2n) is 7.32. The van der Waals surface area contributed by atoms with E-state index in [1.807, 2.05) is 43.3 Å². The number of hydrogen-bond donors (Lipinski definition) is 2. The van der Waals surface area contributed by atoms with Gasteiger partial charge in [-0.05, 0) is 71.5 Å². The number of ether oxygens (including phenoxy) is 2. The lowest BCUT2D eigenvalue weighted by Crippen LogP contribution is -2.05. The maximum Gasteiger partial charge on any atom is 0.333 e.